The normalized spacial score (nSPS) is 19.2. The summed E-state index contributed by atoms with van der Waals surface area (Å²) in [5, 5.41) is 9.60. The molecule has 1 aromatic rings. The monoisotopic (exact) mass is 237 g/mol. The Kier molecular flexibility index (Phi) is 3.49. The topological polar surface area (TPSA) is 81.8 Å². The number of ether oxygens (including phenoxy) is 2. The second kappa shape index (κ2) is 5.05. The van der Waals surface area contributed by atoms with Gasteiger partial charge in [0.05, 0.1) is 11.8 Å². The van der Waals surface area contributed by atoms with Gasteiger partial charge in [-0.25, -0.2) is 4.79 Å². The number of anilines is 1. The fourth-order valence-electron chi connectivity index (χ4n) is 1.75. The van der Waals surface area contributed by atoms with Crippen LogP contribution in [-0.2, 0) is 9.47 Å². The van der Waals surface area contributed by atoms with E-state index in [0.29, 0.717) is 6.61 Å². The van der Waals surface area contributed by atoms with Gasteiger partial charge in [0.25, 0.3) is 0 Å². The lowest BCUT2D eigenvalue weighted by atomic mass is 10.2. The van der Waals surface area contributed by atoms with Crippen molar-refractivity contribution >= 4 is 11.7 Å². The molecule has 5 heteroatoms. The number of nitrogen functional groups attached to an aromatic ring is 1. The summed E-state index contributed by atoms with van der Waals surface area (Å²) >= 11 is 0. The highest BCUT2D eigenvalue weighted by molar-refractivity contribution is 5.94. The summed E-state index contributed by atoms with van der Waals surface area (Å²) in [4.78, 5) is 11.7. The molecule has 1 atom stereocenters. The highest BCUT2D eigenvalue weighted by atomic mass is 16.6. The summed E-state index contributed by atoms with van der Waals surface area (Å²) in [7, 11) is 0. The van der Waals surface area contributed by atoms with E-state index in [1.807, 2.05) is 0 Å². The standard InChI is InChI=1S/C12H15NO4/c13-10-5-1-4-9(11(10)14)12(15)17-7-8-3-2-6-16-8/h1,4-5,8,14H,2-3,6-7,13H2. The van der Waals surface area contributed by atoms with Crippen LogP contribution >= 0.6 is 0 Å². The molecule has 3 N–H and O–H groups in total. The Balaban J connectivity index is 1.97. The molecule has 0 saturated carbocycles. The molecule has 1 aromatic carbocycles. The van der Waals surface area contributed by atoms with Gasteiger partial charge in [0.1, 0.15) is 12.2 Å². The Morgan fingerprint density at radius 3 is 3.12 bits per heavy atom. The first-order valence-electron chi connectivity index (χ1n) is 5.54. The molecule has 0 spiro atoms. The predicted molar refractivity (Wildman–Crippen MR) is 61.8 cm³/mol. The first-order valence-corrected chi connectivity index (χ1v) is 5.54. The summed E-state index contributed by atoms with van der Waals surface area (Å²) < 4.78 is 10.4. The lowest BCUT2D eigenvalue weighted by Crippen LogP contribution is -2.18. The molecule has 1 fully saturated rings. The van der Waals surface area contributed by atoms with Crippen molar-refractivity contribution in [1.29, 1.82) is 0 Å². The van der Waals surface area contributed by atoms with E-state index in [-0.39, 0.29) is 29.7 Å². The van der Waals surface area contributed by atoms with Gasteiger partial charge in [0.2, 0.25) is 0 Å². The fraction of sp³-hybridized carbons (Fsp3) is 0.417. The van der Waals surface area contributed by atoms with Crippen LogP contribution in [0.15, 0.2) is 18.2 Å². The minimum absolute atomic E-state index is 0.0258. The number of carbonyl (C=O) groups is 1. The van der Waals surface area contributed by atoms with Gasteiger partial charge in [-0.1, -0.05) is 6.07 Å². The van der Waals surface area contributed by atoms with Crippen LogP contribution in [-0.4, -0.2) is 30.4 Å². The van der Waals surface area contributed by atoms with Crippen molar-refractivity contribution in [3.63, 3.8) is 0 Å². The van der Waals surface area contributed by atoms with E-state index in [1.165, 1.54) is 12.1 Å². The van der Waals surface area contributed by atoms with Crippen molar-refractivity contribution in [2.45, 2.75) is 18.9 Å². The maximum atomic E-state index is 11.7. The molecule has 0 aliphatic carbocycles. The lowest BCUT2D eigenvalue weighted by molar-refractivity contribution is 0.0159. The molecule has 0 aromatic heterocycles. The third kappa shape index (κ3) is 2.68. The molecule has 0 amide bonds. The Morgan fingerprint density at radius 2 is 2.41 bits per heavy atom. The highest BCUT2D eigenvalue weighted by Gasteiger charge is 2.20. The van der Waals surface area contributed by atoms with E-state index in [9.17, 15) is 9.90 Å². The van der Waals surface area contributed by atoms with Gasteiger partial charge in [-0.3, -0.25) is 0 Å². The van der Waals surface area contributed by atoms with Crippen LogP contribution in [0.25, 0.3) is 0 Å². The zero-order valence-electron chi connectivity index (χ0n) is 9.39. The summed E-state index contributed by atoms with van der Waals surface area (Å²) in [6, 6.07) is 4.59. The molecule has 17 heavy (non-hydrogen) atoms. The average Bonchev–Trinajstić information content (AvgIpc) is 2.82. The van der Waals surface area contributed by atoms with E-state index in [1.54, 1.807) is 6.07 Å². The molecule has 0 bridgehead atoms. The van der Waals surface area contributed by atoms with Gasteiger partial charge in [-0.2, -0.15) is 0 Å². The smallest absolute Gasteiger partial charge is 0.342 e. The SMILES string of the molecule is Nc1cccc(C(=O)OCC2CCCO2)c1O. The highest BCUT2D eigenvalue weighted by Crippen LogP contribution is 2.25. The number of phenols is 1. The van der Waals surface area contributed by atoms with E-state index in [2.05, 4.69) is 0 Å². The molecular formula is C12H15NO4. The molecule has 1 aliphatic heterocycles. The number of para-hydroxylation sites is 1. The summed E-state index contributed by atoms with van der Waals surface area (Å²) in [6.45, 7) is 0.929. The minimum atomic E-state index is -0.578. The van der Waals surface area contributed by atoms with Crippen molar-refractivity contribution in [2.75, 3.05) is 18.9 Å². The van der Waals surface area contributed by atoms with Crippen molar-refractivity contribution in [3.05, 3.63) is 23.8 Å². The van der Waals surface area contributed by atoms with E-state index in [4.69, 9.17) is 15.2 Å². The Labute approximate surface area is 99.1 Å². The summed E-state index contributed by atoms with van der Waals surface area (Å²) in [5.74, 6) is -0.810. The molecule has 92 valence electrons. The fourth-order valence-corrected chi connectivity index (χ4v) is 1.75. The molecule has 0 radical (unpaired) electrons. The zero-order chi connectivity index (χ0) is 12.3. The second-order valence-corrected chi connectivity index (χ2v) is 3.98. The van der Waals surface area contributed by atoms with Gasteiger partial charge in [-0.05, 0) is 25.0 Å². The average molecular weight is 237 g/mol. The van der Waals surface area contributed by atoms with E-state index >= 15 is 0 Å². The number of hydrogen-bond acceptors (Lipinski definition) is 5. The Bertz CT molecular complexity index is 413. The first-order chi connectivity index (χ1) is 8.18. The van der Waals surface area contributed by atoms with Crippen LogP contribution in [0, 0.1) is 0 Å². The maximum Gasteiger partial charge on any atom is 0.342 e. The number of hydrogen-bond donors (Lipinski definition) is 2. The van der Waals surface area contributed by atoms with Crippen LogP contribution in [0.2, 0.25) is 0 Å². The largest absolute Gasteiger partial charge is 0.505 e. The van der Waals surface area contributed by atoms with Crippen molar-refractivity contribution < 1.29 is 19.4 Å². The molecule has 2 rings (SSSR count). The van der Waals surface area contributed by atoms with Crippen LogP contribution in [0.5, 0.6) is 5.75 Å². The first kappa shape index (κ1) is 11.7. The molecule has 1 unspecified atom stereocenters. The predicted octanol–water partition coefficient (Wildman–Crippen LogP) is 1.31. The van der Waals surface area contributed by atoms with E-state index in [0.717, 1.165) is 12.8 Å². The number of phenolic OH excluding ortho intramolecular Hbond substituents is 1. The van der Waals surface area contributed by atoms with E-state index < -0.39 is 5.97 Å². The van der Waals surface area contributed by atoms with Crippen molar-refractivity contribution in [3.8, 4) is 5.75 Å². The van der Waals surface area contributed by atoms with Crippen LogP contribution in [0.3, 0.4) is 0 Å². The van der Waals surface area contributed by atoms with Gasteiger partial charge < -0.3 is 20.3 Å². The Hall–Kier alpha value is -1.75. The molecule has 1 heterocycles. The van der Waals surface area contributed by atoms with Gasteiger partial charge in [0.15, 0.2) is 5.75 Å². The molecule has 1 saturated heterocycles. The van der Waals surface area contributed by atoms with Gasteiger partial charge >= 0.3 is 5.97 Å². The van der Waals surface area contributed by atoms with Gasteiger partial charge in [0, 0.05) is 6.61 Å². The molecule has 1 aliphatic rings. The van der Waals surface area contributed by atoms with Crippen LogP contribution in [0.4, 0.5) is 5.69 Å². The third-order valence-corrected chi connectivity index (χ3v) is 2.71. The third-order valence-electron chi connectivity index (χ3n) is 2.71. The molecular weight excluding hydrogens is 222 g/mol. The number of benzene rings is 1. The maximum absolute atomic E-state index is 11.7. The lowest BCUT2D eigenvalue weighted by Gasteiger charge is -2.11. The Morgan fingerprint density at radius 1 is 1.59 bits per heavy atom. The van der Waals surface area contributed by atoms with Gasteiger partial charge in [-0.15, -0.1) is 0 Å². The molecule has 5 nitrogen and oxygen atoms in total. The van der Waals surface area contributed by atoms with Crippen molar-refractivity contribution in [2.24, 2.45) is 0 Å². The number of aromatic hydroxyl groups is 1. The second-order valence-electron chi connectivity index (χ2n) is 3.98. The number of rotatable bonds is 3. The van der Waals surface area contributed by atoms with Crippen LogP contribution in [0.1, 0.15) is 23.2 Å². The summed E-state index contributed by atoms with van der Waals surface area (Å²) in [6.07, 6.45) is 1.87. The quantitative estimate of drug-likeness (QED) is 0.470. The zero-order valence-corrected chi connectivity index (χ0v) is 9.39. The van der Waals surface area contributed by atoms with Crippen molar-refractivity contribution in [1.82, 2.24) is 0 Å². The van der Waals surface area contributed by atoms with Crippen LogP contribution < -0.4 is 5.73 Å². The number of esters is 1. The minimum Gasteiger partial charge on any atom is -0.505 e. The summed E-state index contributed by atoms with van der Waals surface area (Å²) in [5.41, 5.74) is 5.74. The number of nitrogens with two attached hydrogens (primary N) is 1. The number of carbonyl (C=O) groups excluding carboxylic acids is 1.